The molecule has 21 heavy (non-hydrogen) atoms. The maximum Gasteiger partial charge on any atom is 0.165 e. The van der Waals surface area contributed by atoms with Crippen LogP contribution in [0.3, 0.4) is 0 Å². The summed E-state index contributed by atoms with van der Waals surface area (Å²) in [5.74, 6) is 1.37. The van der Waals surface area contributed by atoms with Crippen LogP contribution in [0.25, 0.3) is 0 Å². The van der Waals surface area contributed by atoms with E-state index in [-0.39, 0.29) is 0 Å². The van der Waals surface area contributed by atoms with Crippen molar-refractivity contribution in [2.45, 2.75) is 6.54 Å². The molecule has 0 aliphatic heterocycles. The third kappa shape index (κ3) is 3.39. The first-order valence-corrected chi connectivity index (χ1v) is 6.70. The molecule has 1 N–H and O–H groups in total. The number of benzene rings is 2. The van der Waals surface area contributed by atoms with Crippen LogP contribution in [-0.4, -0.2) is 14.2 Å². The number of methoxy groups -OCH3 is 2. The fourth-order valence-corrected chi connectivity index (χ4v) is 2.26. The van der Waals surface area contributed by atoms with E-state index in [4.69, 9.17) is 26.3 Å². The van der Waals surface area contributed by atoms with Crippen molar-refractivity contribution in [2.75, 3.05) is 19.5 Å². The molecule has 0 bridgehead atoms. The number of para-hydroxylation sites is 1. The first-order valence-electron chi connectivity index (χ1n) is 6.33. The highest BCUT2D eigenvalue weighted by atomic mass is 35.5. The van der Waals surface area contributed by atoms with Crippen LogP contribution >= 0.6 is 11.6 Å². The van der Waals surface area contributed by atoms with Crippen LogP contribution in [0, 0.1) is 11.3 Å². The second-order valence-corrected chi connectivity index (χ2v) is 4.72. The van der Waals surface area contributed by atoms with Crippen LogP contribution in [0.4, 0.5) is 5.69 Å². The first kappa shape index (κ1) is 15.0. The van der Waals surface area contributed by atoms with Crippen molar-refractivity contribution in [2.24, 2.45) is 0 Å². The average Bonchev–Trinajstić information content (AvgIpc) is 2.52. The quantitative estimate of drug-likeness (QED) is 0.911. The lowest BCUT2D eigenvalue weighted by Gasteiger charge is -2.14. The van der Waals surface area contributed by atoms with Crippen molar-refractivity contribution in [3.63, 3.8) is 0 Å². The lowest BCUT2D eigenvalue weighted by Crippen LogP contribution is -2.03. The molecule has 4 nitrogen and oxygen atoms in total. The van der Waals surface area contributed by atoms with Gasteiger partial charge in [-0.2, -0.15) is 5.26 Å². The Morgan fingerprint density at radius 2 is 2.00 bits per heavy atom. The van der Waals surface area contributed by atoms with Gasteiger partial charge in [-0.15, -0.1) is 0 Å². The molecule has 2 aromatic carbocycles. The van der Waals surface area contributed by atoms with Crippen LogP contribution < -0.4 is 14.8 Å². The van der Waals surface area contributed by atoms with Crippen LogP contribution in [0.5, 0.6) is 11.5 Å². The molecule has 0 aliphatic rings. The van der Waals surface area contributed by atoms with E-state index in [0.717, 1.165) is 11.3 Å². The van der Waals surface area contributed by atoms with Crippen LogP contribution in [0.2, 0.25) is 5.02 Å². The summed E-state index contributed by atoms with van der Waals surface area (Å²) in [6.07, 6.45) is 0. The number of rotatable bonds is 5. The highest BCUT2D eigenvalue weighted by molar-refractivity contribution is 6.33. The van der Waals surface area contributed by atoms with Gasteiger partial charge in [0, 0.05) is 12.1 Å². The Kier molecular flexibility index (Phi) is 4.91. The minimum atomic E-state index is 0.510. The number of nitrogens with zero attached hydrogens (tertiary/aromatic N) is 1. The van der Waals surface area contributed by atoms with E-state index >= 15 is 0 Å². The molecule has 0 amide bonds. The molecular weight excluding hydrogens is 288 g/mol. The summed E-state index contributed by atoms with van der Waals surface area (Å²) < 4.78 is 10.6. The van der Waals surface area contributed by atoms with E-state index in [2.05, 4.69) is 11.4 Å². The molecule has 0 heterocycles. The second-order valence-electron chi connectivity index (χ2n) is 4.31. The van der Waals surface area contributed by atoms with Gasteiger partial charge in [-0.1, -0.05) is 23.7 Å². The normalized spacial score (nSPS) is 9.81. The Morgan fingerprint density at radius 3 is 2.62 bits per heavy atom. The molecule has 0 saturated carbocycles. The number of hydrogen-bond donors (Lipinski definition) is 1. The molecule has 0 radical (unpaired) electrons. The zero-order chi connectivity index (χ0) is 15.2. The fraction of sp³-hybridized carbons (Fsp3) is 0.188. The second kappa shape index (κ2) is 6.87. The highest BCUT2D eigenvalue weighted by Crippen LogP contribution is 2.32. The maximum absolute atomic E-state index is 8.83. The van der Waals surface area contributed by atoms with Gasteiger partial charge >= 0.3 is 0 Å². The molecule has 0 aliphatic carbocycles. The van der Waals surface area contributed by atoms with Crippen molar-refractivity contribution in [3.05, 3.63) is 52.5 Å². The van der Waals surface area contributed by atoms with Crippen molar-refractivity contribution < 1.29 is 9.47 Å². The number of nitriles is 1. The van der Waals surface area contributed by atoms with E-state index in [0.29, 0.717) is 28.6 Å². The molecule has 2 rings (SSSR count). The summed E-state index contributed by atoms with van der Waals surface area (Å²) in [6.45, 7) is 0.534. The van der Waals surface area contributed by atoms with Gasteiger partial charge < -0.3 is 14.8 Å². The summed E-state index contributed by atoms with van der Waals surface area (Å²) in [5.41, 5.74) is 2.25. The van der Waals surface area contributed by atoms with Crippen LogP contribution in [0.1, 0.15) is 11.1 Å². The zero-order valence-corrected chi connectivity index (χ0v) is 12.6. The van der Waals surface area contributed by atoms with Gasteiger partial charge in [0.2, 0.25) is 0 Å². The number of nitrogens with one attached hydrogen (secondary N) is 1. The minimum absolute atomic E-state index is 0.510. The predicted octanol–water partition coefficient (Wildman–Crippen LogP) is 3.84. The third-order valence-electron chi connectivity index (χ3n) is 3.05. The van der Waals surface area contributed by atoms with Gasteiger partial charge in [0.05, 0.1) is 36.6 Å². The van der Waals surface area contributed by atoms with Crippen molar-refractivity contribution in [3.8, 4) is 17.6 Å². The van der Waals surface area contributed by atoms with E-state index in [1.165, 1.54) is 0 Å². The summed E-state index contributed by atoms with van der Waals surface area (Å²) in [4.78, 5) is 0. The Hall–Kier alpha value is -2.38. The summed E-state index contributed by atoms with van der Waals surface area (Å²) in [7, 11) is 3.21. The van der Waals surface area contributed by atoms with Crippen LogP contribution in [0.15, 0.2) is 36.4 Å². The lowest BCUT2D eigenvalue weighted by molar-refractivity contribution is 0.352. The van der Waals surface area contributed by atoms with E-state index in [1.807, 2.05) is 18.2 Å². The number of ether oxygens (including phenoxy) is 2. The van der Waals surface area contributed by atoms with Gasteiger partial charge in [0.25, 0.3) is 0 Å². The average molecular weight is 303 g/mol. The minimum Gasteiger partial charge on any atom is -0.493 e. The van der Waals surface area contributed by atoms with Crippen LogP contribution in [-0.2, 0) is 6.54 Å². The molecule has 0 saturated heterocycles. The fourth-order valence-electron chi connectivity index (χ4n) is 2.01. The smallest absolute Gasteiger partial charge is 0.165 e. The molecule has 0 unspecified atom stereocenters. The van der Waals surface area contributed by atoms with Gasteiger partial charge in [-0.3, -0.25) is 0 Å². The Bertz CT molecular complexity index is 680. The van der Waals surface area contributed by atoms with E-state index in [1.54, 1.807) is 32.4 Å². The van der Waals surface area contributed by atoms with Gasteiger partial charge in [-0.25, -0.2) is 0 Å². The number of halogens is 1. The van der Waals surface area contributed by atoms with Gasteiger partial charge in [0.1, 0.15) is 0 Å². The van der Waals surface area contributed by atoms with Crippen molar-refractivity contribution in [1.82, 2.24) is 0 Å². The number of anilines is 1. The standard InChI is InChI=1S/C16H15ClN2O2/c1-20-15-5-3-4-12(16(15)21-2)10-19-14-7-6-11(9-18)8-13(14)17/h3-8,19H,10H2,1-2H3. The van der Waals surface area contributed by atoms with Gasteiger partial charge in [-0.05, 0) is 24.3 Å². The van der Waals surface area contributed by atoms with Gasteiger partial charge in [0.15, 0.2) is 11.5 Å². The molecule has 0 atom stereocenters. The molecular formula is C16H15ClN2O2. The van der Waals surface area contributed by atoms with Crippen molar-refractivity contribution in [1.29, 1.82) is 5.26 Å². The Morgan fingerprint density at radius 1 is 1.19 bits per heavy atom. The predicted molar refractivity (Wildman–Crippen MR) is 83.0 cm³/mol. The molecule has 0 aromatic heterocycles. The maximum atomic E-state index is 8.83. The molecule has 0 spiro atoms. The Labute approximate surface area is 128 Å². The molecule has 5 heteroatoms. The third-order valence-corrected chi connectivity index (χ3v) is 3.36. The molecule has 0 fully saturated rings. The SMILES string of the molecule is COc1cccc(CNc2ccc(C#N)cc2Cl)c1OC. The monoisotopic (exact) mass is 302 g/mol. The first-order chi connectivity index (χ1) is 10.2. The Balaban J connectivity index is 2.19. The topological polar surface area (TPSA) is 54.3 Å². The largest absolute Gasteiger partial charge is 0.493 e. The molecule has 2 aromatic rings. The van der Waals surface area contributed by atoms with E-state index in [9.17, 15) is 0 Å². The lowest BCUT2D eigenvalue weighted by atomic mass is 10.1. The zero-order valence-electron chi connectivity index (χ0n) is 11.8. The summed E-state index contributed by atoms with van der Waals surface area (Å²) >= 11 is 6.14. The van der Waals surface area contributed by atoms with Crippen molar-refractivity contribution >= 4 is 17.3 Å². The number of hydrogen-bond acceptors (Lipinski definition) is 4. The summed E-state index contributed by atoms with van der Waals surface area (Å²) in [6, 6.07) is 12.9. The van der Waals surface area contributed by atoms with E-state index < -0.39 is 0 Å². The highest BCUT2D eigenvalue weighted by Gasteiger charge is 2.10. The summed E-state index contributed by atoms with van der Waals surface area (Å²) in [5, 5.41) is 12.6. The molecule has 108 valence electrons.